The molecule has 3 nitrogen and oxygen atoms in total. The lowest BCUT2D eigenvalue weighted by molar-refractivity contribution is 0.238. The molecule has 0 bridgehead atoms. The van der Waals surface area contributed by atoms with Crippen LogP contribution < -0.4 is 0 Å². The first-order valence-electron chi connectivity index (χ1n) is 6.14. The zero-order chi connectivity index (χ0) is 12.9. The molecular weight excluding hydrogens is 198 g/mol. The summed E-state index contributed by atoms with van der Waals surface area (Å²) in [6.45, 7) is 17.1. The predicted octanol–water partition coefficient (Wildman–Crippen LogP) is 3.92. The Kier molecular flexibility index (Phi) is 5.70. The molecule has 1 heterocycles. The van der Waals surface area contributed by atoms with Gasteiger partial charge in [-0.3, -0.25) is 0 Å². The van der Waals surface area contributed by atoms with Crippen LogP contribution in [0.4, 0.5) is 0 Å². The van der Waals surface area contributed by atoms with E-state index in [4.69, 9.17) is 0 Å². The van der Waals surface area contributed by atoms with Gasteiger partial charge in [0.05, 0.1) is 17.4 Å². The summed E-state index contributed by atoms with van der Waals surface area (Å²) < 4.78 is 2.01. The lowest BCUT2D eigenvalue weighted by atomic mass is 9.88. The lowest BCUT2D eigenvalue weighted by Gasteiger charge is -2.27. The van der Waals surface area contributed by atoms with Gasteiger partial charge in [-0.15, -0.1) is 5.10 Å². The Hall–Kier alpha value is -0.860. The van der Waals surface area contributed by atoms with Crippen molar-refractivity contribution in [3.05, 3.63) is 11.4 Å². The monoisotopic (exact) mass is 225 g/mol. The topological polar surface area (TPSA) is 30.7 Å². The lowest BCUT2D eigenvalue weighted by Crippen LogP contribution is -2.23. The van der Waals surface area contributed by atoms with Gasteiger partial charge in [-0.2, -0.15) is 0 Å². The SMILES string of the molecule is CCC.Cc1nnn(C(C)C(C)(C)C)c1C. The van der Waals surface area contributed by atoms with Crippen molar-refractivity contribution in [1.29, 1.82) is 0 Å². The first kappa shape index (κ1) is 15.1. The third-order valence-corrected chi connectivity index (χ3v) is 2.78. The van der Waals surface area contributed by atoms with Crippen molar-refractivity contribution in [3.8, 4) is 0 Å². The Morgan fingerprint density at radius 1 is 1.19 bits per heavy atom. The van der Waals surface area contributed by atoms with Gasteiger partial charge in [-0.05, 0) is 26.2 Å². The van der Waals surface area contributed by atoms with E-state index in [9.17, 15) is 0 Å². The van der Waals surface area contributed by atoms with Gasteiger partial charge in [0, 0.05) is 0 Å². The molecule has 1 aromatic heterocycles. The molecule has 1 unspecified atom stereocenters. The molecule has 0 saturated heterocycles. The highest BCUT2D eigenvalue weighted by molar-refractivity contribution is 5.06. The molecule has 0 fully saturated rings. The number of hydrogen-bond donors (Lipinski definition) is 0. The Balaban J connectivity index is 0.000000673. The van der Waals surface area contributed by atoms with Crippen LogP contribution >= 0.6 is 0 Å². The average Bonchev–Trinajstić information content (AvgIpc) is 2.46. The van der Waals surface area contributed by atoms with E-state index in [1.54, 1.807) is 0 Å². The van der Waals surface area contributed by atoms with Crippen LogP contribution in [0.1, 0.15) is 65.4 Å². The molecule has 0 spiro atoms. The molecule has 1 atom stereocenters. The van der Waals surface area contributed by atoms with Gasteiger partial charge < -0.3 is 0 Å². The van der Waals surface area contributed by atoms with Crippen LogP contribution in [0.5, 0.6) is 0 Å². The van der Waals surface area contributed by atoms with Gasteiger partial charge in [0.1, 0.15) is 0 Å². The number of rotatable bonds is 1. The van der Waals surface area contributed by atoms with Crippen molar-refractivity contribution in [2.45, 2.75) is 67.9 Å². The first-order chi connectivity index (χ1) is 7.25. The zero-order valence-corrected chi connectivity index (χ0v) is 12.1. The second-order valence-electron chi connectivity index (χ2n) is 5.45. The van der Waals surface area contributed by atoms with Crippen LogP contribution in [-0.4, -0.2) is 15.0 Å². The Morgan fingerprint density at radius 2 is 1.62 bits per heavy atom. The number of aromatic nitrogens is 3. The number of aryl methyl sites for hydroxylation is 1. The Morgan fingerprint density at radius 3 is 1.88 bits per heavy atom. The minimum atomic E-state index is 0.227. The molecule has 0 aliphatic carbocycles. The van der Waals surface area contributed by atoms with Crippen molar-refractivity contribution in [2.24, 2.45) is 5.41 Å². The molecule has 3 heteroatoms. The molecule has 0 N–H and O–H groups in total. The normalized spacial score (nSPS) is 13.0. The van der Waals surface area contributed by atoms with Crippen LogP contribution in [-0.2, 0) is 0 Å². The molecule has 1 rings (SSSR count). The van der Waals surface area contributed by atoms with Crippen LogP contribution in [0.2, 0.25) is 0 Å². The predicted molar refractivity (Wildman–Crippen MR) is 69.6 cm³/mol. The molecule has 0 radical (unpaired) electrons. The van der Waals surface area contributed by atoms with Crippen molar-refractivity contribution in [3.63, 3.8) is 0 Å². The molecular formula is C13H27N3. The summed E-state index contributed by atoms with van der Waals surface area (Å²) in [5, 5.41) is 8.21. The van der Waals surface area contributed by atoms with Gasteiger partial charge in [0.15, 0.2) is 0 Å². The van der Waals surface area contributed by atoms with E-state index < -0.39 is 0 Å². The van der Waals surface area contributed by atoms with Gasteiger partial charge in [-0.1, -0.05) is 46.3 Å². The largest absolute Gasteiger partial charge is 0.246 e. The summed E-state index contributed by atoms with van der Waals surface area (Å²) in [5.74, 6) is 0. The summed E-state index contributed by atoms with van der Waals surface area (Å²) in [6, 6.07) is 0.383. The summed E-state index contributed by atoms with van der Waals surface area (Å²) >= 11 is 0. The Bertz CT molecular complexity index is 307. The van der Waals surface area contributed by atoms with Gasteiger partial charge in [-0.25, -0.2) is 4.68 Å². The van der Waals surface area contributed by atoms with Crippen LogP contribution in [0.15, 0.2) is 0 Å². The first-order valence-corrected chi connectivity index (χ1v) is 6.14. The average molecular weight is 225 g/mol. The summed E-state index contributed by atoms with van der Waals surface area (Å²) in [7, 11) is 0. The van der Waals surface area contributed by atoms with Gasteiger partial charge in [0.25, 0.3) is 0 Å². The van der Waals surface area contributed by atoms with E-state index in [1.807, 2.05) is 11.6 Å². The smallest absolute Gasteiger partial charge is 0.0825 e. The maximum atomic E-state index is 4.15. The van der Waals surface area contributed by atoms with Gasteiger partial charge in [0.2, 0.25) is 0 Å². The molecule has 1 aromatic rings. The second-order valence-corrected chi connectivity index (χ2v) is 5.45. The van der Waals surface area contributed by atoms with Gasteiger partial charge >= 0.3 is 0 Å². The fraction of sp³-hybridized carbons (Fsp3) is 0.846. The van der Waals surface area contributed by atoms with Crippen LogP contribution in [0, 0.1) is 19.3 Å². The van der Waals surface area contributed by atoms with E-state index in [-0.39, 0.29) is 5.41 Å². The minimum absolute atomic E-state index is 0.227. The molecule has 16 heavy (non-hydrogen) atoms. The number of hydrogen-bond acceptors (Lipinski definition) is 2. The minimum Gasteiger partial charge on any atom is -0.246 e. The molecule has 0 aliphatic rings. The van der Waals surface area contributed by atoms with E-state index in [0.29, 0.717) is 6.04 Å². The molecule has 94 valence electrons. The summed E-state index contributed by atoms with van der Waals surface area (Å²) in [5.41, 5.74) is 2.42. The van der Waals surface area contributed by atoms with Crippen molar-refractivity contribution < 1.29 is 0 Å². The van der Waals surface area contributed by atoms with Crippen molar-refractivity contribution in [1.82, 2.24) is 15.0 Å². The van der Waals surface area contributed by atoms with E-state index in [0.717, 1.165) is 5.69 Å². The fourth-order valence-electron chi connectivity index (χ4n) is 1.16. The molecule has 0 saturated carbocycles. The summed E-state index contributed by atoms with van der Waals surface area (Å²) in [6.07, 6.45) is 1.25. The van der Waals surface area contributed by atoms with Crippen molar-refractivity contribution in [2.75, 3.05) is 0 Å². The standard InChI is InChI=1S/C10H19N3.C3H8/c1-7-8(2)13(12-11-7)9(3)10(4,5)6;1-3-2/h9H,1-6H3;3H2,1-2H3. The molecule has 0 amide bonds. The van der Waals surface area contributed by atoms with Crippen LogP contribution in [0.3, 0.4) is 0 Å². The van der Waals surface area contributed by atoms with E-state index in [2.05, 4.69) is 58.8 Å². The number of nitrogens with zero attached hydrogens (tertiary/aromatic N) is 3. The zero-order valence-electron chi connectivity index (χ0n) is 12.1. The Labute approximate surface area is 100 Å². The summed E-state index contributed by atoms with van der Waals surface area (Å²) in [4.78, 5) is 0. The van der Waals surface area contributed by atoms with Crippen molar-refractivity contribution >= 4 is 0 Å². The van der Waals surface area contributed by atoms with Crippen LogP contribution in [0.25, 0.3) is 0 Å². The highest BCUT2D eigenvalue weighted by Gasteiger charge is 2.24. The molecule has 0 aliphatic heterocycles. The maximum Gasteiger partial charge on any atom is 0.0825 e. The highest BCUT2D eigenvalue weighted by Crippen LogP contribution is 2.30. The second kappa shape index (κ2) is 6.02. The highest BCUT2D eigenvalue weighted by atomic mass is 15.4. The molecule has 0 aromatic carbocycles. The fourth-order valence-corrected chi connectivity index (χ4v) is 1.16. The van der Waals surface area contributed by atoms with E-state index in [1.165, 1.54) is 12.1 Å². The third-order valence-electron chi connectivity index (χ3n) is 2.78. The quantitative estimate of drug-likeness (QED) is 0.725. The maximum absolute atomic E-state index is 4.15. The third kappa shape index (κ3) is 3.95. The van der Waals surface area contributed by atoms with E-state index >= 15 is 0 Å².